The molecule has 3 rings (SSSR count). The summed E-state index contributed by atoms with van der Waals surface area (Å²) in [6, 6.07) is 11.6. The number of para-hydroxylation sites is 2. The Bertz CT molecular complexity index is 703. The minimum absolute atomic E-state index is 0.000823. The van der Waals surface area contributed by atoms with Gasteiger partial charge in [-0.25, -0.2) is 4.98 Å². The summed E-state index contributed by atoms with van der Waals surface area (Å²) in [6.07, 6.45) is 4.45. The van der Waals surface area contributed by atoms with E-state index in [9.17, 15) is 4.79 Å². The molecule has 1 aromatic carbocycles. The van der Waals surface area contributed by atoms with Crippen molar-refractivity contribution >= 4 is 16.9 Å². The fraction of sp³-hybridized carbons (Fsp3) is 0.188. The highest BCUT2D eigenvalue weighted by atomic mass is 16.1. The van der Waals surface area contributed by atoms with Crippen molar-refractivity contribution in [1.82, 2.24) is 20.3 Å². The number of imidazole rings is 1. The lowest BCUT2D eigenvalue weighted by Crippen LogP contribution is -2.27. The van der Waals surface area contributed by atoms with Crippen LogP contribution in [0.5, 0.6) is 0 Å². The van der Waals surface area contributed by atoms with E-state index in [0.29, 0.717) is 19.4 Å². The average molecular weight is 280 g/mol. The van der Waals surface area contributed by atoms with Crippen molar-refractivity contribution in [3.05, 3.63) is 60.2 Å². The molecule has 0 spiro atoms. The van der Waals surface area contributed by atoms with Gasteiger partial charge in [-0.2, -0.15) is 0 Å². The second-order valence-corrected chi connectivity index (χ2v) is 4.84. The highest BCUT2D eigenvalue weighted by molar-refractivity contribution is 5.78. The van der Waals surface area contributed by atoms with Crippen LogP contribution < -0.4 is 5.32 Å². The smallest absolute Gasteiger partial charge is 0.224 e. The number of rotatable bonds is 5. The maximum atomic E-state index is 11.8. The quantitative estimate of drug-likeness (QED) is 0.749. The highest BCUT2D eigenvalue weighted by Crippen LogP contribution is 2.10. The van der Waals surface area contributed by atoms with E-state index >= 15 is 0 Å². The third kappa shape index (κ3) is 3.45. The second-order valence-electron chi connectivity index (χ2n) is 4.84. The van der Waals surface area contributed by atoms with E-state index in [1.165, 1.54) is 0 Å². The van der Waals surface area contributed by atoms with Crippen molar-refractivity contribution in [3.63, 3.8) is 0 Å². The molecular weight excluding hydrogens is 264 g/mol. The van der Waals surface area contributed by atoms with Gasteiger partial charge in [0.05, 0.1) is 17.5 Å². The van der Waals surface area contributed by atoms with Gasteiger partial charge in [-0.05, 0) is 23.8 Å². The van der Waals surface area contributed by atoms with Crippen LogP contribution in [0.2, 0.25) is 0 Å². The van der Waals surface area contributed by atoms with E-state index in [1.54, 1.807) is 12.4 Å². The Morgan fingerprint density at radius 1 is 1.19 bits per heavy atom. The van der Waals surface area contributed by atoms with Crippen molar-refractivity contribution in [3.8, 4) is 0 Å². The fourth-order valence-electron chi connectivity index (χ4n) is 2.19. The van der Waals surface area contributed by atoms with Gasteiger partial charge in [0.15, 0.2) is 0 Å². The Labute approximate surface area is 122 Å². The first-order valence-electron chi connectivity index (χ1n) is 6.90. The van der Waals surface area contributed by atoms with Gasteiger partial charge in [0, 0.05) is 25.4 Å². The van der Waals surface area contributed by atoms with Crippen molar-refractivity contribution < 1.29 is 4.79 Å². The van der Waals surface area contributed by atoms with Crippen LogP contribution in [0.4, 0.5) is 0 Å². The number of fused-ring (bicyclic) bond motifs is 1. The SMILES string of the molecule is O=C(Cc1cccnc1)NCCc1nc2ccccc2[nH]1. The third-order valence-corrected chi connectivity index (χ3v) is 3.21. The van der Waals surface area contributed by atoms with Gasteiger partial charge >= 0.3 is 0 Å². The molecule has 0 aliphatic rings. The predicted molar refractivity (Wildman–Crippen MR) is 80.7 cm³/mol. The van der Waals surface area contributed by atoms with Crippen molar-refractivity contribution in [2.45, 2.75) is 12.8 Å². The molecule has 0 radical (unpaired) electrons. The Balaban J connectivity index is 1.50. The van der Waals surface area contributed by atoms with Crippen LogP contribution in [0.1, 0.15) is 11.4 Å². The summed E-state index contributed by atoms with van der Waals surface area (Å²) in [7, 11) is 0. The molecule has 0 saturated carbocycles. The van der Waals surface area contributed by atoms with Crippen LogP contribution in [0, 0.1) is 0 Å². The number of H-pyrrole nitrogens is 1. The topological polar surface area (TPSA) is 70.7 Å². The summed E-state index contributed by atoms with van der Waals surface area (Å²) in [5.74, 6) is 0.886. The van der Waals surface area contributed by atoms with E-state index in [2.05, 4.69) is 20.3 Å². The van der Waals surface area contributed by atoms with Gasteiger partial charge in [0.25, 0.3) is 0 Å². The second kappa shape index (κ2) is 6.17. The van der Waals surface area contributed by atoms with E-state index in [1.807, 2.05) is 36.4 Å². The molecule has 0 saturated heterocycles. The summed E-state index contributed by atoms with van der Waals surface area (Å²) in [4.78, 5) is 23.5. The van der Waals surface area contributed by atoms with Crippen molar-refractivity contribution in [2.24, 2.45) is 0 Å². The number of nitrogens with one attached hydrogen (secondary N) is 2. The zero-order valence-electron chi connectivity index (χ0n) is 11.5. The average Bonchev–Trinajstić information content (AvgIpc) is 2.91. The summed E-state index contributed by atoms with van der Waals surface area (Å²) in [5, 5.41) is 2.90. The largest absolute Gasteiger partial charge is 0.355 e. The Morgan fingerprint density at radius 3 is 2.90 bits per heavy atom. The normalized spacial score (nSPS) is 10.7. The van der Waals surface area contributed by atoms with Crippen LogP contribution in [-0.2, 0) is 17.6 Å². The van der Waals surface area contributed by atoms with Crippen LogP contribution >= 0.6 is 0 Å². The van der Waals surface area contributed by atoms with Crippen molar-refractivity contribution in [1.29, 1.82) is 0 Å². The number of benzene rings is 1. The molecule has 2 heterocycles. The number of carbonyl (C=O) groups is 1. The number of hydrogen-bond donors (Lipinski definition) is 2. The lowest BCUT2D eigenvalue weighted by atomic mass is 10.2. The summed E-state index contributed by atoms with van der Waals surface area (Å²) in [5.41, 5.74) is 2.89. The molecule has 21 heavy (non-hydrogen) atoms. The number of pyridine rings is 1. The molecule has 0 unspecified atom stereocenters. The van der Waals surface area contributed by atoms with Gasteiger partial charge in [0.1, 0.15) is 5.82 Å². The van der Waals surface area contributed by atoms with Gasteiger partial charge in [0.2, 0.25) is 5.91 Å². The number of nitrogens with zero attached hydrogens (tertiary/aromatic N) is 2. The summed E-state index contributed by atoms with van der Waals surface area (Å²) >= 11 is 0. The Kier molecular flexibility index (Phi) is 3.91. The molecule has 0 bridgehead atoms. The maximum Gasteiger partial charge on any atom is 0.224 e. The number of aromatic nitrogens is 3. The molecule has 0 fully saturated rings. The van der Waals surface area contributed by atoms with Crippen LogP contribution in [0.25, 0.3) is 11.0 Å². The van der Waals surface area contributed by atoms with Gasteiger partial charge in [-0.3, -0.25) is 9.78 Å². The molecule has 3 aromatic rings. The molecule has 2 aromatic heterocycles. The Morgan fingerprint density at radius 2 is 2.10 bits per heavy atom. The summed E-state index contributed by atoms with van der Waals surface area (Å²) in [6.45, 7) is 0.568. The summed E-state index contributed by atoms with van der Waals surface area (Å²) < 4.78 is 0. The molecule has 0 aliphatic heterocycles. The predicted octanol–water partition coefficient (Wildman–Crippen LogP) is 1.86. The lowest BCUT2D eigenvalue weighted by molar-refractivity contribution is -0.120. The Hall–Kier alpha value is -2.69. The van der Waals surface area contributed by atoms with E-state index in [4.69, 9.17) is 0 Å². The minimum Gasteiger partial charge on any atom is -0.355 e. The van der Waals surface area contributed by atoms with Crippen molar-refractivity contribution in [2.75, 3.05) is 6.54 Å². The maximum absolute atomic E-state index is 11.8. The van der Waals surface area contributed by atoms with E-state index in [-0.39, 0.29) is 5.91 Å². The lowest BCUT2D eigenvalue weighted by Gasteiger charge is -2.03. The molecule has 5 heteroatoms. The zero-order valence-corrected chi connectivity index (χ0v) is 11.5. The number of hydrogen-bond acceptors (Lipinski definition) is 3. The van der Waals surface area contributed by atoms with Crippen LogP contribution in [0.15, 0.2) is 48.8 Å². The molecule has 2 N–H and O–H groups in total. The molecule has 0 atom stereocenters. The van der Waals surface area contributed by atoms with Gasteiger partial charge in [-0.15, -0.1) is 0 Å². The first-order chi connectivity index (χ1) is 10.3. The number of amides is 1. The van der Waals surface area contributed by atoms with Gasteiger partial charge in [-0.1, -0.05) is 18.2 Å². The molecule has 1 amide bonds. The first-order valence-corrected chi connectivity index (χ1v) is 6.90. The fourth-order valence-corrected chi connectivity index (χ4v) is 2.19. The van der Waals surface area contributed by atoms with E-state index < -0.39 is 0 Å². The first kappa shape index (κ1) is 13.3. The van der Waals surface area contributed by atoms with E-state index in [0.717, 1.165) is 22.4 Å². The zero-order chi connectivity index (χ0) is 14.5. The van der Waals surface area contributed by atoms with Crippen LogP contribution in [0.3, 0.4) is 0 Å². The number of carbonyl (C=O) groups excluding carboxylic acids is 1. The molecule has 5 nitrogen and oxygen atoms in total. The standard InChI is InChI=1S/C16H16N4O/c21-16(10-12-4-3-8-17-11-12)18-9-7-15-19-13-5-1-2-6-14(13)20-15/h1-6,8,11H,7,9-10H2,(H,18,21)(H,19,20). The van der Waals surface area contributed by atoms with Crippen LogP contribution in [-0.4, -0.2) is 27.4 Å². The minimum atomic E-state index is -0.000823. The monoisotopic (exact) mass is 280 g/mol. The third-order valence-electron chi connectivity index (χ3n) is 3.21. The molecular formula is C16H16N4O. The van der Waals surface area contributed by atoms with Gasteiger partial charge < -0.3 is 10.3 Å². The molecule has 0 aliphatic carbocycles. The molecule has 106 valence electrons. The number of aromatic amines is 1. The highest BCUT2D eigenvalue weighted by Gasteiger charge is 2.05.